The Morgan fingerprint density at radius 1 is 1.39 bits per heavy atom. The normalized spacial score (nSPS) is 14.0. The van der Waals surface area contributed by atoms with Gasteiger partial charge in [0.15, 0.2) is 0 Å². The smallest absolute Gasteiger partial charge is 0.223 e. The van der Waals surface area contributed by atoms with Crippen LogP contribution in [0.4, 0.5) is 4.39 Å². The summed E-state index contributed by atoms with van der Waals surface area (Å²) in [5.41, 5.74) is 0. The first-order valence-electron chi connectivity index (χ1n) is 5.83. The van der Waals surface area contributed by atoms with E-state index in [1.165, 1.54) is 23.9 Å². The van der Waals surface area contributed by atoms with Crippen LogP contribution < -0.4 is 5.32 Å². The van der Waals surface area contributed by atoms with E-state index in [0.717, 1.165) is 4.90 Å². The lowest BCUT2D eigenvalue weighted by molar-refractivity contribution is -0.124. The minimum Gasteiger partial charge on any atom is -0.392 e. The first-order chi connectivity index (χ1) is 8.49. The molecule has 3 nitrogen and oxygen atoms in total. The van der Waals surface area contributed by atoms with E-state index < -0.39 is 6.10 Å². The van der Waals surface area contributed by atoms with Gasteiger partial charge in [-0.2, -0.15) is 0 Å². The molecule has 0 aliphatic rings. The van der Waals surface area contributed by atoms with Gasteiger partial charge in [0.2, 0.25) is 5.91 Å². The molecule has 0 spiro atoms. The molecule has 0 heterocycles. The van der Waals surface area contributed by atoms with Crippen molar-refractivity contribution in [2.75, 3.05) is 12.3 Å². The highest BCUT2D eigenvalue weighted by molar-refractivity contribution is 7.99. The molecule has 0 aromatic heterocycles. The van der Waals surface area contributed by atoms with Gasteiger partial charge in [-0.1, -0.05) is 6.92 Å². The van der Waals surface area contributed by atoms with E-state index >= 15 is 0 Å². The van der Waals surface area contributed by atoms with Crippen molar-refractivity contribution in [1.29, 1.82) is 0 Å². The van der Waals surface area contributed by atoms with E-state index in [9.17, 15) is 9.18 Å². The maximum absolute atomic E-state index is 12.7. The number of benzene rings is 1. The molecule has 1 aromatic rings. The maximum Gasteiger partial charge on any atom is 0.223 e. The Morgan fingerprint density at radius 2 is 2.00 bits per heavy atom. The molecule has 0 saturated carbocycles. The minimum atomic E-state index is -0.536. The fourth-order valence-electron chi connectivity index (χ4n) is 1.25. The first-order valence-corrected chi connectivity index (χ1v) is 6.81. The van der Waals surface area contributed by atoms with Gasteiger partial charge in [0.05, 0.1) is 6.10 Å². The standard InChI is InChI=1S/C13H18FNO2S/c1-9(13(17)15-7-10(2)16)8-18-12-5-3-11(14)4-6-12/h3-6,9-10,16H,7-8H2,1-2H3,(H,15,17). The molecule has 0 aliphatic carbocycles. The van der Waals surface area contributed by atoms with Crippen molar-refractivity contribution in [3.63, 3.8) is 0 Å². The fourth-order valence-corrected chi connectivity index (χ4v) is 2.17. The molecular weight excluding hydrogens is 253 g/mol. The van der Waals surface area contributed by atoms with Crippen LogP contribution in [0.25, 0.3) is 0 Å². The minimum absolute atomic E-state index is 0.0782. The number of halogens is 1. The number of aliphatic hydroxyl groups is 1. The third-order valence-electron chi connectivity index (χ3n) is 2.33. The lowest BCUT2D eigenvalue weighted by Gasteiger charge is -2.12. The van der Waals surface area contributed by atoms with Crippen LogP contribution in [0, 0.1) is 11.7 Å². The third-order valence-corrected chi connectivity index (χ3v) is 3.61. The van der Waals surface area contributed by atoms with E-state index in [1.54, 1.807) is 19.1 Å². The van der Waals surface area contributed by atoms with E-state index in [2.05, 4.69) is 5.32 Å². The Labute approximate surface area is 111 Å². The summed E-state index contributed by atoms with van der Waals surface area (Å²) >= 11 is 1.51. The van der Waals surface area contributed by atoms with Crippen LogP contribution in [0.3, 0.4) is 0 Å². The number of hydrogen-bond donors (Lipinski definition) is 2. The fraction of sp³-hybridized carbons (Fsp3) is 0.462. The molecule has 0 radical (unpaired) electrons. The van der Waals surface area contributed by atoms with Gasteiger partial charge in [-0.15, -0.1) is 11.8 Å². The SMILES string of the molecule is CC(O)CNC(=O)C(C)CSc1ccc(F)cc1. The number of carbonyl (C=O) groups excluding carboxylic acids is 1. The zero-order valence-corrected chi connectivity index (χ0v) is 11.3. The van der Waals surface area contributed by atoms with Crippen LogP contribution >= 0.6 is 11.8 Å². The molecule has 5 heteroatoms. The summed E-state index contributed by atoms with van der Waals surface area (Å²) in [4.78, 5) is 12.6. The summed E-state index contributed by atoms with van der Waals surface area (Å²) in [7, 11) is 0. The largest absolute Gasteiger partial charge is 0.392 e. The molecule has 2 unspecified atom stereocenters. The number of thioether (sulfide) groups is 1. The average molecular weight is 271 g/mol. The highest BCUT2D eigenvalue weighted by Crippen LogP contribution is 2.20. The summed E-state index contributed by atoms with van der Waals surface area (Å²) in [6.45, 7) is 3.72. The van der Waals surface area contributed by atoms with Gasteiger partial charge < -0.3 is 10.4 Å². The number of hydrogen-bond acceptors (Lipinski definition) is 3. The van der Waals surface area contributed by atoms with Gasteiger partial charge in [0.25, 0.3) is 0 Å². The number of rotatable bonds is 6. The van der Waals surface area contributed by atoms with E-state index in [4.69, 9.17) is 5.11 Å². The number of nitrogens with one attached hydrogen (secondary N) is 1. The quantitative estimate of drug-likeness (QED) is 0.779. The average Bonchev–Trinajstić information content (AvgIpc) is 2.34. The highest BCUT2D eigenvalue weighted by Gasteiger charge is 2.13. The summed E-state index contributed by atoms with van der Waals surface area (Å²) in [5, 5.41) is 11.7. The van der Waals surface area contributed by atoms with E-state index in [-0.39, 0.29) is 24.2 Å². The number of carbonyl (C=O) groups is 1. The summed E-state index contributed by atoms with van der Waals surface area (Å²) < 4.78 is 12.7. The van der Waals surface area contributed by atoms with Crippen molar-refractivity contribution < 1.29 is 14.3 Å². The predicted octanol–water partition coefficient (Wildman–Crippen LogP) is 2.05. The highest BCUT2D eigenvalue weighted by atomic mass is 32.2. The molecule has 1 amide bonds. The Balaban J connectivity index is 2.34. The topological polar surface area (TPSA) is 49.3 Å². The van der Waals surface area contributed by atoms with Gasteiger partial charge >= 0.3 is 0 Å². The number of amides is 1. The van der Waals surface area contributed by atoms with Crippen LogP contribution in [0.2, 0.25) is 0 Å². The van der Waals surface area contributed by atoms with Crippen LogP contribution in [0.15, 0.2) is 29.2 Å². The van der Waals surface area contributed by atoms with Crippen molar-refractivity contribution in [1.82, 2.24) is 5.32 Å². The van der Waals surface area contributed by atoms with Crippen molar-refractivity contribution in [3.05, 3.63) is 30.1 Å². The lowest BCUT2D eigenvalue weighted by Crippen LogP contribution is -2.35. The van der Waals surface area contributed by atoms with Crippen LogP contribution in [0.1, 0.15) is 13.8 Å². The second-order valence-corrected chi connectivity index (χ2v) is 5.35. The van der Waals surface area contributed by atoms with Crippen LogP contribution in [0.5, 0.6) is 0 Å². The van der Waals surface area contributed by atoms with Gasteiger partial charge in [-0.3, -0.25) is 4.79 Å². The molecule has 2 atom stereocenters. The van der Waals surface area contributed by atoms with Gasteiger partial charge in [0.1, 0.15) is 5.82 Å². The molecule has 100 valence electrons. The van der Waals surface area contributed by atoms with Crippen molar-refractivity contribution in [3.8, 4) is 0 Å². The first kappa shape index (κ1) is 15.0. The molecule has 18 heavy (non-hydrogen) atoms. The molecule has 0 bridgehead atoms. The zero-order valence-electron chi connectivity index (χ0n) is 10.5. The molecular formula is C13H18FNO2S. The van der Waals surface area contributed by atoms with Crippen LogP contribution in [-0.2, 0) is 4.79 Å². The third kappa shape index (κ3) is 5.51. The molecule has 1 rings (SSSR count). The predicted molar refractivity (Wildman–Crippen MR) is 71.0 cm³/mol. The van der Waals surface area contributed by atoms with E-state index in [1.807, 2.05) is 6.92 Å². The van der Waals surface area contributed by atoms with Crippen LogP contribution in [-0.4, -0.2) is 29.4 Å². The summed E-state index contributed by atoms with van der Waals surface area (Å²) in [5.74, 6) is 0.128. The van der Waals surface area contributed by atoms with Crippen molar-refractivity contribution >= 4 is 17.7 Å². The number of aliphatic hydroxyl groups excluding tert-OH is 1. The van der Waals surface area contributed by atoms with E-state index in [0.29, 0.717) is 5.75 Å². The molecule has 0 aliphatic heterocycles. The van der Waals surface area contributed by atoms with Crippen molar-refractivity contribution in [2.45, 2.75) is 24.8 Å². The Hall–Kier alpha value is -1.07. The summed E-state index contributed by atoms with van der Waals surface area (Å²) in [6, 6.07) is 6.20. The van der Waals surface area contributed by atoms with Gasteiger partial charge in [-0.25, -0.2) is 4.39 Å². The monoisotopic (exact) mass is 271 g/mol. The molecule has 0 fully saturated rings. The summed E-state index contributed by atoms with van der Waals surface area (Å²) in [6.07, 6.45) is -0.536. The maximum atomic E-state index is 12.7. The van der Waals surface area contributed by atoms with Gasteiger partial charge in [0, 0.05) is 23.1 Å². The Kier molecular flexibility index (Phi) is 6.15. The molecule has 2 N–H and O–H groups in total. The van der Waals surface area contributed by atoms with Crippen molar-refractivity contribution in [2.24, 2.45) is 5.92 Å². The second-order valence-electron chi connectivity index (χ2n) is 4.26. The Bertz CT molecular complexity index is 381. The molecule has 0 saturated heterocycles. The van der Waals surface area contributed by atoms with Gasteiger partial charge in [-0.05, 0) is 31.2 Å². The lowest BCUT2D eigenvalue weighted by atomic mass is 10.2. The zero-order chi connectivity index (χ0) is 13.5. The molecule has 1 aromatic carbocycles. The second kappa shape index (κ2) is 7.38. The Morgan fingerprint density at radius 3 is 2.56 bits per heavy atom.